The highest BCUT2D eigenvalue weighted by Crippen LogP contribution is 2.37. The summed E-state index contributed by atoms with van der Waals surface area (Å²) in [5, 5.41) is 16.7. The Hall–Kier alpha value is -1.06. The van der Waals surface area contributed by atoms with Crippen LogP contribution in [0.1, 0.15) is 36.8 Å². The van der Waals surface area contributed by atoms with Gasteiger partial charge < -0.3 is 15.7 Å². The maximum absolute atomic E-state index is 9.62. The molecular formula is C16H24N2O. The van der Waals surface area contributed by atoms with E-state index >= 15 is 0 Å². The Labute approximate surface area is 115 Å². The minimum Gasteiger partial charge on any atom is -0.396 e. The molecule has 3 heteroatoms. The molecule has 1 aliphatic carbocycles. The summed E-state index contributed by atoms with van der Waals surface area (Å²) >= 11 is 0. The Kier molecular flexibility index (Phi) is 3.76. The number of fused-ring (bicyclic) bond motifs is 1. The van der Waals surface area contributed by atoms with Crippen molar-refractivity contribution in [2.24, 2.45) is 5.41 Å². The molecule has 3 N–H and O–H groups in total. The van der Waals surface area contributed by atoms with E-state index in [4.69, 9.17) is 0 Å². The second kappa shape index (κ2) is 5.51. The largest absolute Gasteiger partial charge is 0.396 e. The maximum atomic E-state index is 9.62. The summed E-state index contributed by atoms with van der Waals surface area (Å²) in [6, 6.07) is 6.57. The second-order valence-electron chi connectivity index (χ2n) is 6.10. The zero-order chi connectivity index (χ0) is 13.1. The lowest BCUT2D eigenvalue weighted by atomic mass is 9.87. The molecule has 3 rings (SSSR count). The molecule has 1 aromatic carbocycles. The first kappa shape index (κ1) is 12.9. The molecule has 1 aromatic rings. The third kappa shape index (κ3) is 2.63. The van der Waals surface area contributed by atoms with Gasteiger partial charge in [0.2, 0.25) is 0 Å². The van der Waals surface area contributed by atoms with Crippen LogP contribution >= 0.6 is 0 Å². The van der Waals surface area contributed by atoms with E-state index in [-0.39, 0.29) is 5.41 Å². The van der Waals surface area contributed by atoms with E-state index in [1.807, 2.05) is 0 Å². The topological polar surface area (TPSA) is 44.3 Å². The SMILES string of the molecule is OCC1(CNCc2cccc3c2NCC3)CCCC1. The highest BCUT2D eigenvalue weighted by Gasteiger charge is 2.32. The summed E-state index contributed by atoms with van der Waals surface area (Å²) < 4.78 is 0. The molecule has 1 aliphatic heterocycles. The molecular weight excluding hydrogens is 236 g/mol. The van der Waals surface area contributed by atoms with Gasteiger partial charge in [0.1, 0.15) is 0 Å². The summed E-state index contributed by atoms with van der Waals surface area (Å²) in [4.78, 5) is 0. The molecule has 0 radical (unpaired) electrons. The number of rotatable bonds is 5. The van der Waals surface area contributed by atoms with Crippen LogP contribution in [0, 0.1) is 5.41 Å². The standard InChI is InChI=1S/C16H24N2O/c19-12-16(7-1-2-8-16)11-17-10-14-5-3-4-13-6-9-18-15(13)14/h3-5,17-19H,1-2,6-12H2. The predicted octanol–water partition coefficient (Wildman–Crippen LogP) is 2.30. The maximum Gasteiger partial charge on any atom is 0.0499 e. The van der Waals surface area contributed by atoms with Gasteiger partial charge in [-0.2, -0.15) is 0 Å². The van der Waals surface area contributed by atoms with Crippen LogP contribution in [0.2, 0.25) is 0 Å². The van der Waals surface area contributed by atoms with Crippen LogP contribution in [0.3, 0.4) is 0 Å². The summed E-state index contributed by atoms with van der Waals surface area (Å²) in [6.07, 6.45) is 6.02. The molecule has 104 valence electrons. The first-order valence-electron chi connectivity index (χ1n) is 7.49. The molecule has 1 heterocycles. The summed E-state index contributed by atoms with van der Waals surface area (Å²) in [7, 11) is 0. The van der Waals surface area contributed by atoms with Gasteiger partial charge in [0.15, 0.2) is 0 Å². The van der Waals surface area contributed by atoms with Gasteiger partial charge in [0.25, 0.3) is 0 Å². The lowest BCUT2D eigenvalue weighted by Gasteiger charge is -2.27. The quantitative estimate of drug-likeness (QED) is 0.761. The lowest BCUT2D eigenvalue weighted by Crippen LogP contribution is -2.34. The van der Waals surface area contributed by atoms with Crippen LogP contribution in [0.25, 0.3) is 0 Å². The van der Waals surface area contributed by atoms with Gasteiger partial charge in [-0.3, -0.25) is 0 Å². The van der Waals surface area contributed by atoms with Crippen molar-refractivity contribution in [3.05, 3.63) is 29.3 Å². The molecule has 0 atom stereocenters. The molecule has 0 spiro atoms. The van der Waals surface area contributed by atoms with Crippen molar-refractivity contribution in [1.29, 1.82) is 0 Å². The van der Waals surface area contributed by atoms with Crippen LogP contribution in [0.5, 0.6) is 0 Å². The van der Waals surface area contributed by atoms with Crippen molar-refractivity contribution in [3.63, 3.8) is 0 Å². The first-order valence-corrected chi connectivity index (χ1v) is 7.49. The molecule has 1 fully saturated rings. The van der Waals surface area contributed by atoms with Gasteiger partial charge in [0, 0.05) is 37.3 Å². The van der Waals surface area contributed by atoms with Crippen molar-refractivity contribution >= 4 is 5.69 Å². The molecule has 0 saturated heterocycles. The Morgan fingerprint density at radius 2 is 2.11 bits per heavy atom. The third-order valence-electron chi connectivity index (χ3n) is 4.75. The van der Waals surface area contributed by atoms with Crippen molar-refractivity contribution in [2.75, 3.05) is 25.0 Å². The van der Waals surface area contributed by atoms with E-state index in [0.717, 1.165) is 26.1 Å². The Morgan fingerprint density at radius 1 is 1.26 bits per heavy atom. The monoisotopic (exact) mass is 260 g/mol. The lowest BCUT2D eigenvalue weighted by molar-refractivity contribution is 0.128. The Bertz CT molecular complexity index is 438. The molecule has 2 aliphatic rings. The van der Waals surface area contributed by atoms with Gasteiger partial charge in [0.05, 0.1) is 0 Å². The van der Waals surface area contributed by atoms with Crippen LogP contribution in [0.15, 0.2) is 18.2 Å². The number of anilines is 1. The van der Waals surface area contributed by atoms with E-state index < -0.39 is 0 Å². The van der Waals surface area contributed by atoms with E-state index in [9.17, 15) is 5.11 Å². The zero-order valence-corrected chi connectivity index (χ0v) is 11.5. The van der Waals surface area contributed by atoms with Crippen LogP contribution in [0.4, 0.5) is 5.69 Å². The third-order valence-corrected chi connectivity index (χ3v) is 4.75. The van der Waals surface area contributed by atoms with Crippen molar-refractivity contribution in [2.45, 2.75) is 38.6 Å². The zero-order valence-electron chi connectivity index (χ0n) is 11.5. The van der Waals surface area contributed by atoms with Gasteiger partial charge >= 0.3 is 0 Å². The fraction of sp³-hybridized carbons (Fsp3) is 0.625. The molecule has 0 unspecified atom stereocenters. The van der Waals surface area contributed by atoms with Gasteiger partial charge in [-0.05, 0) is 30.4 Å². The van der Waals surface area contributed by atoms with Crippen molar-refractivity contribution < 1.29 is 5.11 Å². The van der Waals surface area contributed by atoms with Gasteiger partial charge in [-0.15, -0.1) is 0 Å². The average Bonchev–Trinajstić information content (AvgIpc) is 3.08. The van der Waals surface area contributed by atoms with Crippen molar-refractivity contribution in [3.8, 4) is 0 Å². The molecule has 0 amide bonds. The fourth-order valence-electron chi connectivity index (χ4n) is 3.54. The van der Waals surface area contributed by atoms with Crippen LogP contribution in [-0.2, 0) is 13.0 Å². The highest BCUT2D eigenvalue weighted by molar-refractivity contribution is 5.61. The minimum atomic E-state index is 0.144. The van der Waals surface area contributed by atoms with Crippen LogP contribution in [-0.4, -0.2) is 24.8 Å². The molecule has 0 bridgehead atoms. The minimum absolute atomic E-state index is 0.144. The smallest absolute Gasteiger partial charge is 0.0499 e. The van der Waals surface area contributed by atoms with E-state index in [1.54, 1.807) is 0 Å². The number of aliphatic hydroxyl groups is 1. The van der Waals surface area contributed by atoms with Crippen LogP contribution < -0.4 is 10.6 Å². The number of aliphatic hydroxyl groups excluding tert-OH is 1. The van der Waals surface area contributed by atoms with E-state index in [0.29, 0.717) is 6.61 Å². The number of nitrogens with one attached hydrogen (secondary N) is 2. The second-order valence-corrected chi connectivity index (χ2v) is 6.10. The predicted molar refractivity (Wildman–Crippen MR) is 78.3 cm³/mol. The number of hydrogen-bond donors (Lipinski definition) is 3. The highest BCUT2D eigenvalue weighted by atomic mass is 16.3. The molecule has 1 saturated carbocycles. The van der Waals surface area contributed by atoms with E-state index in [1.165, 1.54) is 42.5 Å². The summed E-state index contributed by atoms with van der Waals surface area (Å²) in [5.41, 5.74) is 4.28. The molecule has 0 aromatic heterocycles. The van der Waals surface area contributed by atoms with Gasteiger partial charge in [-0.1, -0.05) is 31.0 Å². The summed E-state index contributed by atoms with van der Waals surface area (Å²) in [6.45, 7) is 3.23. The number of para-hydroxylation sites is 1. The fourth-order valence-corrected chi connectivity index (χ4v) is 3.54. The number of hydrogen-bond acceptors (Lipinski definition) is 3. The Morgan fingerprint density at radius 3 is 2.89 bits per heavy atom. The molecule has 19 heavy (non-hydrogen) atoms. The normalized spacial score (nSPS) is 20.3. The van der Waals surface area contributed by atoms with Crippen molar-refractivity contribution in [1.82, 2.24) is 5.32 Å². The average molecular weight is 260 g/mol. The number of benzene rings is 1. The Balaban J connectivity index is 1.59. The summed E-state index contributed by atoms with van der Waals surface area (Å²) in [5.74, 6) is 0. The van der Waals surface area contributed by atoms with Gasteiger partial charge in [-0.25, -0.2) is 0 Å². The first-order chi connectivity index (χ1) is 9.33. The van der Waals surface area contributed by atoms with E-state index in [2.05, 4.69) is 28.8 Å². The molecule has 3 nitrogen and oxygen atoms in total.